The zero-order valence-corrected chi connectivity index (χ0v) is 24.3. The maximum absolute atomic E-state index is 3.53. The first kappa shape index (κ1) is 24.0. The van der Waals surface area contributed by atoms with Gasteiger partial charge in [-0.2, -0.15) is 0 Å². The van der Waals surface area contributed by atoms with Crippen LogP contribution in [-0.4, -0.2) is 66.3 Å². The van der Waals surface area contributed by atoms with Gasteiger partial charge in [-0.3, -0.25) is 0 Å². The van der Waals surface area contributed by atoms with Gasteiger partial charge in [-0.25, -0.2) is 0 Å². The number of fused-ring (bicyclic) bond motifs is 4. The van der Waals surface area contributed by atoms with E-state index in [4.69, 9.17) is 0 Å². The predicted molar refractivity (Wildman–Crippen MR) is 162 cm³/mol. The lowest BCUT2D eigenvalue weighted by Gasteiger charge is -2.14. The molecular formula is C31H38N4S2. The first-order valence-electron chi connectivity index (χ1n) is 13.6. The molecule has 2 aromatic carbocycles. The van der Waals surface area contributed by atoms with E-state index < -0.39 is 0 Å². The molecule has 2 saturated carbocycles. The Morgan fingerprint density at radius 3 is 1.81 bits per heavy atom. The van der Waals surface area contributed by atoms with Gasteiger partial charge < -0.3 is 20.0 Å². The number of nitrogens with one attached hydrogen (secondary N) is 1. The van der Waals surface area contributed by atoms with Gasteiger partial charge in [0.2, 0.25) is 0 Å². The molecule has 2 aromatic heterocycles. The minimum absolute atomic E-state index is 0.502. The summed E-state index contributed by atoms with van der Waals surface area (Å²) >= 11 is 4.02. The molecule has 0 bridgehead atoms. The van der Waals surface area contributed by atoms with Gasteiger partial charge in [-0.15, -0.1) is 22.7 Å². The van der Waals surface area contributed by atoms with Gasteiger partial charge in [-0.05, 0) is 85.4 Å². The maximum Gasteiger partial charge on any atom is 0.0375 e. The average Bonchev–Trinajstić information content (AvgIpc) is 3.40. The molecule has 1 N–H and O–H groups in total. The fourth-order valence-electron chi connectivity index (χ4n) is 6.93. The molecule has 0 spiro atoms. The molecule has 194 valence electrons. The topological polar surface area (TPSA) is 21.8 Å². The molecule has 2 aliphatic carbocycles. The highest BCUT2D eigenvalue weighted by molar-refractivity contribution is 7.19. The van der Waals surface area contributed by atoms with E-state index in [1.807, 2.05) is 22.7 Å². The minimum Gasteiger partial charge on any atom is -0.378 e. The summed E-state index contributed by atoms with van der Waals surface area (Å²) in [5, 5.41) is 6.36. The average molecular weight is 531 g/mol. The Hall–Kier alpha value is -2.12. The number of rotatable bonds is 4. The van der Waals surface area contributed by atoms with Crippen LogP contribution in [-0.2, 0) is 10.8 Å². The number of thiophene rings is 2. The van der Waals surface area contributed by atoms with Crippen LogP contribution in [0, 0.1) is 11.8 Å². The van der Waals surface area contributed by atoms with Gasteiger partial charge in [0.25, 0.3) is 0 Å². The zero-order chi connectivity index (χ0) is 25.5. The van der Waals surface area contributed by atoms with E-state index in [9.17, 15) is 0 Å². The van der Waals surface area contributed by atoms with Crippen molar-refractivity contribution in [1.82, 2.24) is 10.2 Å². The van der Waals surface area contributed by atoms with Gasteiger partial charge in [0.15, 0.2) is 0 Å². The third-order valence-electron chi connectivity index (χ3n) is 9.40. The fraction of sp³-hybridized carbons (Fsp3) is 0.484. The summed E-state index contributed by atoms with van der Waals surface area (Å²) in [6.07, 6.45) is 2.80. The Labute approximate surface area is 228 Å². The second kappa shape index (κ2) is 8.44. The van der Waals surface area contributed by atoms with E-state index in [1.54, 1.807) is 9.75 Å². The van der Waals surface area contributed by atoms with Crippen LogP contribution >= 0.6 is 22.7 Å². The smallest absolute Gasteiger partial charge is 0.0375 e. The molecule has 37 heavy (non-hydrogen) atoms. The first-order valence-corrected chi connectivity index (χ1v) is 15.2. The van der Waals surface area contributed by atoms with E-state index in [0.717, 1.165) is 11.8 Å². The molecule has 6 heteroatoms. The number of anilines is 2. The summed E-state index contributed by atoms with van der Waals surface area (Å²) in [7, 11) is 10.7. The van der Waals surface area contributed by atoms with Crippen LogP contribution in [0.1, 0.15) is 22.6 Å². The number of likely N-dealkylation sites (N-methyl/N-ethyl adjacent to an activating group) is 1. The highest BCUT2D eigenvalue weighted by Crippen LogP contribution is 2.61. The maximum atomic E-state index is 3.53. The van der Waals surface area contributed by atoms with Crippen LogP contribution in [0.5, 0.6) is 0 Å². The summed E-state index contributed by atoms with van der Waals surface area (Å²) in [5.41, 5.74) is 3.61. The number of hydrogen-bond donors (Lipinski definition) is 1. The van der Waals surface area contributed by atoms with Crippen LogP contribution in [0.2, 0.25) is 0 Å². The number of piperidine rings is 2. The second-order valence-corrected chi connectivity index (χ2v) is 14.6. The van der Waals surface area contributed by atoms with Crippen molar-refractivity contribution in [2.45, 2.75) is 23.7 Å². The monoisotopic (exact) mass is 530 g/mol. The van der Waals surface area contributed by atoms with Crippen molar-refractivity contribution >= 4 is 54.2 Å². The minimum atomic E-state index is 0.502. The molecule has 4 nitrogen and oxygen atoms in total. The fourth-order valence-corrected chi connectivity index (χ4v) is 9.66. The summed E-state index contributed by atoms with van der Waals surface area (Å²) in [5.74, 6) is 1.82. The molecule has 4 unspecified atom stereocenters. The first-order chi connectivity index (χ1) is 17.8. The molecule has 4 heterocycles. The van der Waals surface area contributed by atoms with Crippen LogP contribution < -0.4 is 15.1 Å². The predicted octanol–water partition coefficient (Wildman–Crippen LogP) is 6.00. The van der Waals surface area contributed by atoms with Crippen molar-refractivity contribution in [1.29, 1.82) is 0 Å². The Morgan fingerprint density at radius 1 is 0.784 bits per heavy atom. The Morgan fingerprint density at radius 2 is 1.35 bits per heavy atom. The third-order valence-corrected chi connectivity index (χ3v) is 12.0. The van der Waals surface area contributed by atoms with Crippen molar-refractivity contribution in [2.24, 2.45) is 11.8 Å². The molecule has 8 rings (SSSR count). The van der Waals surface area contributed by atoms with Crippen molar-refractivity contribution in [2.75, 3.05) is 71.2 Å². The van der Waals surface area contributed by atoms with Gasteiger partial charge in [-0.1, -0.05) is 12.1 Å². The molecule has 2 aliphatic heterocycles. The van der Waals surface area contributed by atoms with Gasteiger partial charge in [0.1, 0.15) is 0 Å². The molecule has 0 radical (unpaired) electrons. The van der Waals surface area contributed by atoms with E-state index in [0.29, 0.717) is 10.8 Å². The second-order valence-electron chi connectivity index (χ2n) is 12.4. The standard InChI is InChI=1S/C16H20N2S.C15H18N2S/c1-17(2)13-5-4-11-6-15(19-14(11)7-13)16-8-12(16)9-18(3)10-16;1-17(2)12-4-3-10-5-14(18-13(10)6-12)15-7-11(15)8-16-9-15/h4-7,12H,8-10H2,1-3H3;3-6,11,16H,7-9H2,1-2H3. The molecular weight excluding hydrogens is 493 g/mol. The molecule has 4 fully saturated rings. The molecule has 4 atom stereocenters. The van der Waals surface area contributed by atoms with Crippen LogP contribution in [0.25, 0.3) is 20.2 Å². The molecule has 4 aromatic rings. The van der Waals surface area contributed by atoms with E-state index in [1.165, 1.54) is 70.6 Å². The molecule has 4 aliphatic rings. The SMILES string of the molecule is CN(C)c1ccc2cc(C34CNCC3C4)sc2c1.CN1CC2CC2(c2cc3ccc(N(C)C)cc3s2)C1. The lowest BCUT2D eigenvalue weighted by atomic mass is 10.0. The lowest BCUT2D eigenvalue weighted by molar-refractivity contribution is 0.364. The van der Waals surface area contributed by atoms with Gasteiger partial charge in [0.05, 0.1) is 0 Å². The van der Waals surface area contributed by atoms with Crippen molar-refractivity contribution in [3.8, 4) is 0 Å². The summed E-state index contributed by atoms with van der Waals surface area (Å²) in [6.45, 7) is 4.95. The van der Waals surface area contributed by atoms with Gasteiger partial charge >= 0.3 is 0 Å². The van der Waals surface area contributed by atoms with E-state index in [2.05, 4.69) is 104 Å². The quantitative estimate of drug-likeness (QED) is 0.349. The molecule has 0 amide bonds. The van der Waals surface area contributed by atoms with E-state index in [-0.39, 0.29) is 0 Å². The Balaban J connectivity index is 0.000000125. The summed E-state index contributed by atoms with van der Waals surface area (Å²) in [6, 6.07) is 18.5. The Kier molecular flexibility index (Phi) is 5.46. The number of likely N-dealkylation sites (tertiary alicyclic amines) is 1. The van der Waals surface area contributed by atoms with Crippen molar-refractivity contribution in [3.63, 3.8) is 0 Å². The van der Waals surface area contributed by atoms with Crippen molar-refractivity contribution < 1.29 is 0 Å². The largest absolute Gasteiger partial charge is 0.378 e. The third kappa shape index (κ3) is 3.91. The van der Waals surface area contributed by atoms with Gasteiger partial charge in [0, 0.05) is 89.2 Å². The number of hydrogen-bond acceptors (Lipinski definition) is 6. The zero-order valence-electron chi connectivity index (χ0n) is 22.7. The molecule has 2 saturated heterocycles. The normalized spacial score (nSPS) is 29.6. The van der Waals surface area contributed by atoms with E-state index >= 15 is 0 Å². The van der Waals surface area contributed by atoms with Crippen LogP contribution in [0.15, 0.2) is 48.5 Å². The van der Waals surface area contributed by atoms with Crippen molar-refractivity contribution in [3.05, 3.63) is 58.3 Å². The summed E-state index contributed by atoms with van der Waals surface area (Å²) in [4.78, 5) is 10.1. The highest BCUT2D eigenvalue weighted by Gasteiger charge is 2.61. The van der Waals surface area contributed by atoms with Crippen LogP contribution in [0.3, 0.4) is 0 Å². The lowest BCUT2D eigenvalue weighted by Crippen LogP contribution is -2.21. The van der Waals surface area contributed by atoms with Crippen LogP contribution in [0.4, 0.5) is 11.4 Å². The highest BCUT2D eigenvalue weighted by atomic mass is 32.1. The number of nitrogens with zero attached hydrogens (tertiary/aromatic N) is 3. The number of benzene rings is 2. The summed E-state index contributed by atoms with van der Waals surface area (Å²) < 4.78 is 2.87. The Bertz CT molecular complexity index is 1490.